The number of fused-ring (bicyclic) bond motifs is 1. The molecule has 2 aromatic carbocycles. The van der Waals surface area contributed by atoms with Crippen molar-refractivity contribution in [1.29, 1.82) is 0 Å². The first kappa shape index (κ1) is 21.5. The molecule has 1 aromatic heterocycles. The number of primary amides is 1. The first-order valence-corrected chi connectivity index (χ1v) is 10.1. The van der Waals surface area contributed by atoms with E-state index in [0.29, 0.717) is 56.4 Å². The van der Waals surface area contributed by atoms with Crippen LogP contribution in [-0.2, 0) is 4.79 Å². The van der Waals surface area contributed by atoms with Gasteiger partial charge in [-0.1, -0.05) is 23.7 Å². The molecule has 10 heteroatoms. The zero-order valence-corrected chi connectivity index (χ0v) is 18.7. The Morgan fingerprint density at radius 2 is 1.75 bits per heavy atom. The Bertz CT molecular complexity index is 1240. The number of aromatic nitrogens is 3. The molecule has 4 rings (SSSR count). The number of methoxy groups -OCH3 is 3. The fourth-order valence-corrected chi connectivity index (χ4v) is 4.00. The van der Waals surface area contributed by atoms with Gasteiger partial charge in [0.15, 0.2) is 17.3 Å². The number of carbonyl (C=O) groups is 1. The normalized spacial score (nSPS) is 15.1. The fraction of sp³-hybridized carbons (Fsp3) is 0.227. The monoisotopic (exact) mass is 455 g/mol. The molecule has 166 valence electrons. The first-order chi connectivity index (χ1) is 15.4. The fourth-order valence-electron chi connectivity index (χ4n) is 3.78. The molecule has 0 fully saturated rings. The van der Waals surface area contributed by atoms with Gasteiger partial charge in [0.1, 0.15) is 11.8 Å². The van der Waals surface area contributed by atoms with Gasteiger partial charge in [-0.2, -0.15) is 4.98 Å². The van der Waals surface area contributed by atoms with Crippen LogP contribution in [0.2, 0.25) is 5.02 Å². The van der Waals surface area contributed by atoms with E-state index >= 15 is 0 Å². The van der Waals surface area contributed by atoms with Crippen molar-refractivity contribution in [3.8, 4) is 28.6 Å². The molecule has 0 radical (unpaired) electrons. The Hall–Kier alpha value is -3.72. The number of halogens is 1. The van der Waals surface area contributed by atoms with E-state index in [2.05, 4.69) is 15.4 Å². The number of anilines is 1. The average Bonchev–Trinajstić information content (AvgIpc) is 3.20. The van der Waals surface area contributed by atoms with Crippen LogP contribution in [0, 0.1) is 0 Å². The zero-order chi connectivity index (χ0) is 23.0. The Labute approximate surface area is 189 Å². The lowest BCUT2D eigenvalue weighted by molar-refractivity contribution is -0.115. The number of nitrogens with zero attached hydrogens (tertiary/aromatic N) is 3. The van der Waals surface area contributed by atoms with Crippen LogP contribution in [0.15, 0.2) is 47.7 Å². The van der Waals surface area contributed by atoms with Crippen LogP contribution in [0.4, 0.5) is 5.95 Å². The predicted molar refractivity (Wildman–Crippen MR) is 120 cm³/mol. The molecule has 0 aliphatic carbocycles. The van der Waals surface area contributed by atoms with Crippen molar-refractivity contribution < 1.29 is 19.0 Å². The average molecular weight is 456 g/mol. The minimum atomic E-state index is -0.720. The van der Waals surface area contributed by atoms with Crippen LogP contribution in [0.5, 0.6) is 17.2 Å². The van der Waals surface area contributed by atoms with Gasteiger partial charge in [0.05, 0.1) is 31.9 Å². The molecular weight excluding hydrogens is 434 g/mol. The lowest BCUT2D eigenvalue weighted by Crippen LogP contribution is -2.32. The summed E-state index contributed by atoms with van der Waals surface area (Å²) in [4.78, 5) is 17.1. The molecule has 3 N–H and O–H groups in total. The van der Waals surface area contributed by atoms with Crippen LogP contribution in [-0.4, -0.2) is 42.0 Å². The minimum Gasteiger partial charge on any atom is -0.496 e. The Kier molecular flexibility index (Phi) is 5.67. The van der Waals surface area contributed by atoms with Crippen molar-refractivity contribution >= 4 is 23.5 Å². The second-order valence-corrected chi connectivity index (χ2v) is 7.47. The summed E-state index contributed by atoms with van der Waals surface area (Å²) >= 11 is 6.36. The Morgan fingerprint density at radius 1 is 1.09 bits per heavy atom. The summed E-state index contributed by atoms with van der Waals surface area (Å²) in [7, 11) is 4.60. The summed E-state index contributed by atoms with van der Waals surface area (Å²) in [5, 5.41) is 8.30. The number of rotatable bonds is 6. The molecule has 0 saturated carbocycles. The van der Waals surface area contributed by atoms with Gasteiger partial charge in [-0.25, -0.2) is 4.68 Å². The van der Waals surface area contributed by atoms with Crippen LogP contribution in [0.3, 0.4) is 0 Å². The van der Waals surface area contributed by atoms with Crippen molar-refractivity contribution in [2.24, 2.45) is 5.73 Å². The van der Waals surface area contributed by atoms with E-state index in [1.165, 1.54) is 21.3 Å². The number of ether oxygens (including phenoxy) is 3. The molecular formula is C22H22ClN5O4. The molecule has 1 aliphatic rings. The molecule has 0 saturated heterocycles. The van der Waals surface area contributed by atoms with Gasteiger partial charge in [0.2, 0.25) is 11.9 Å². The molecule has 1 atom stereocenters. The first-order valence-electron chi connectivity index (χ1n) is 9.68. The number of nitrogens with two attached hydrogens (primary N) is 1. The van der Waals surface area contributed by atoms with Crippen LogP contribution in [0.1, 0.15) is 18.5 Å². The quantitative estimate of drug-likeness (QED) is 0.585. The number of nitrogens with one attached hydrogen (secondary N) is 1. The Balaban J connectivity index is 1.97. The minimum absolute atomic E-state index is 0.318. The standard InChI is InChI=1S/C22H22ClN5O4/c1-11-18(20(24)29)19(13-9-16(31-3)17(32-4)10-15(13)30-2)28-22(25-11)26-21(27-28)12-7-5-6-8-14(12)23/h5-10,19H,1-4H3,(H2,24,29)(H,25,26,27)/t19-/m0/s1. The van der Waals surface area contributed by atoms with E-state index in [4.69, 9.17) is 31.5 Å². The molecule has 0 bridgehead atoms. The van der Waals surface area contributed by atoms with E-state index in [1.54, 1.807) is 29.8 Å². The summed E-state index contributed by atoms with van der Waals surface area (Å²) in [6, 6.07) is 9.97. The van der Waals surface area contributed by atoms with Crippen LogP contribution >= 0.6 is 11.6 Å². The highest BCUT2D eigenvalue weighted by molar-refractivity contribution is 6.33. The van der Waals surface area contributed by atoms with E-state index in [-0.39, 0.29) is 0 Å². The Morgan fingerprint density at radius 3 is 2.38 bits per heavy atom. The SMILES string of the molecule is COc1cc(OC)c([C@H]2C(C(N)=O)=C(C)Nc3nc(-c4ccccc4Cl)nn32)cc1OC. The van der Waals surface area contributed by atoms with Crippen LogP contribution in [0.25, 0.3) is 11.4 Å². The van der Waals surface area contributed by atoms with Crippen molar-refractivity contribution in [3.63, 3.8) is 0 Å². The third-order valence-electron chi connectivity index (χ3n) is 5.26. The van der Waals surface area contributed by atoms with Gasteiger partial charge in [0, 0.05) is 22.9 Å². The molecule has 0 unspecified atom stereocenters. The summed E-state index contributed by atoms with van der Waals surface area (Å²) in [6.07, 6.45) is 0. The van der Waals surface area contributed by atoms with Crippen molar-refractivity contribution in [1.82, 2.24) is 14.8 Å². The molecule has 0 spiro atoms. The van der Waals surface area contributed by atoms with Gasteiger partial charge in [-0.3, -0.25) is 4.79 Å². The maximum Gasteiger partial charge on any atom is 0.248 e. The van der Waals surface area contributed by atoms with Gasteiger partial charge in [0.25, 0.3) is 0 Å². The smallest absolute Gasteiger partial charge is 0.248 e. The van der Waals surface area contributed by atoms with E-state index in [1.807, 2.05) is 18.2 Å². The van der Waals surface area contributed by atoms with E-state index < -0.39 is 11.9 Å². The number of amides is 1. The van der Waals surface area contributed by atoms with Crippen molar-refractivity contribution in [2.75, 3.05) is 26.6 Å². The molecule has 9 nitrogen and oxygen atoms in total. The maximum absolute atomic E-state index is 12.5. The highest BCUT2D eigenvalue weighted by Crippen LogP contribution is 2.44. The van der Waals surface area contributed by atoms with Gasteiger partial charge in [-0.05, 0) is 25.1 Å². The number of hydrogen-bond acceptors (Lipinski definition) is 7. The lowest BCUT2D eigenvalue weighted by atomic mass is 9.94. The molecule has 3 aromatic rings. The number of allylic oxidation sites excluding steroid dienone is 1. The maximum atomic E-state index is 12.5. The summed E-state index contributed by atoms with van der Waals surface area (Å²) in [6.45, 7) is 1.76. The second-order valence-electron chi connectivity index (χ2n) is 7.06. The lowest BCUT2D eigenvalue weighted by Gasteiger charge is -2.29. The summed E-state index contributed by atoms with van der Waals surface area (Å²) in [5.41, 5.74) is 7.93. The highest BCUT2D eigenvalue weighted by Gasteiger charge is 2.36. The van der Waals surface area contributed by atoms with E-state index in [0.717, 1.165) is 0 Å². The van der Waals surface area contributed by atoms with Crippen LogP contribution < -0.4 is 25.3 Å². The van der Waals surface area contributed by atoms with Gasteiger partial charge >= 0.3 is 0 Å². The number of hydrogen-bond donors (Lipinski definition) is 2. The third kappa shape index (κ3) is 3.50. The number of benzene rings is 2. The summed E-state index contributed by atoms with van der Waals surface area (Å²) < 4.78 is 18.1. The largest absolute Gasteiger partial charge is 0.496 e. The highest BCUT2D eigenvalue weighted by atomic mass is 35.5. The molecule has 2 heterocycles. The molecule has 1 aliphatic heterocycles. The van der Waals surface area contributed by atoms with E-state index in [9.17, 15) is 4.79 Å². The molecule has 1 amide bonds. The van der Waals surface area contributed by atoms with Gasteiger partial charge in [-0.15, -0.1) is 5.10 Å². The van der Waals surface area contributed by atoms with Crippen molar-refractivity contribution in [2.45, 2.75) is 13.0 Å². The molecule has 32 heavy (non-hydrogen) atoms. The predicted octanol–water partition coefficient (Wildman–Crippen LogP) is 3.40. The van der Waals surface area contributed by atoms with Gasteiger partial charge < -0.3 is 25.3 Å². The second kappa shape index (κ2) is 8.43. The number of carbonyl (C=O) groups excluding carboxylic acids is 1. The van der Waals surface area contributed by atoms with Crippen molar-refractivity contribution in [3.05, 3.63) is 58.3 Å². The third-order valence-corrected chi connectivity index (χ3v) is 5.59. The zero-order valence-electron chi connectivity index (χ0n) is 18.0. The topological polar surface area (TPSA) is 114 Å². The summed E-state index contributed by atoms with van der Waals surface area (Å²) in [5.74, 6) is 1.67.